The van der Waals surface area contributed by atoms with E-state index >= 15 is 0 Å². The number of hydrogen-bond acceptors (Lipinski definition) is 3. The van der Waals surface area contributed by atoms with Gasteiger partial charge in [-0.3, -0.25) is 9.59 Å². The predicted molar refractivity (Wildman–Crippen MR) is 76.3 cm³/mol. The Kier molecular flexibility index (Phi) is 5.55. The number of rotatable bonds is 5. The Hall–Kier alpha value is -0.710. The zero-order chi connectivity index (χ0) is 13.7. The third-order valence-corrected chi connectivity index (χ3v) is 5.17. The van der Waals surface area contributed by atoms with E-state index in [1.807, 2.05) is 4.90 Å². The molecular formula is C14H23NO3S. The summed E-state index contributed by atoms with van der Waals surface area (Å²) in [5.74, 6) is 0.315. The zero-order valence-corrected chi connectivity index (χ0v) is 12.2. The lowest BCUT2D eigenvalue weighted by Gasteiger charge is -2.34. The molecule has 0 radical (unpaired) electrons. The number of hydrogen-bond donors (Lipinski definition) is 1. The number of carboxylic acid groups (broad SMARTS) is 1. The summed E-state index contributed by atoms with van der Waals surface area (Å²) in [5, 5.41) is 8.60. The van der Waals surface area contributed by atoms with Crippen molar-refractivity contribution < 1.29 is 14.7 Å². The number of carbonyl (C=O) groups excluding carboxylic acids is 1. The van der Waals surface area contributed by atoms with E-state index in [9.17, 15) is 9.59 Å². The van der Waals surface area contributed by atoms with Crippen LogP contribution in [-0.2, 0) is 9.59 Å². The molecule has 1 N–H and O–H groups in total. The maximum absolute atomic E-state index is 12.2. The summed E-state index contributed by atoms with van der Waals surface area (Å²) in [5.41, 5.74) is 0. The molecule has 1 heterocycles. The second-order valence-corrected chi connectivity index (χ2v) is 6.57. The first-order valence-corrected chi connectivity index (χ1v) is 8.43. The average Bonchev–Trinajstić information content (AvgIpc) is 2.88. The molecule has 1 aliphatic carbocycles. The lowest BCUT2D eigenvalue weighted by molar-refractivity contribution is -0.133. The van der Waals surface area contributed by atoms with Crippen LogP contribution in [0.2, 0.25) is 0 Å². The molecule has 5 heteroatoms. The van der Waals surface area contributed by atoms with Gasteiger partial charge in [-0.25, -0.2) is 0 Å². The lowest BCUT2D eigenvalue weighted by atomic mass is 9.83. The largest absolute Gasteiger partial charge is 0.481 e. The molecule has 2 aliphatic rings. The van der Waals surface area contributed by atoms with Gasteiger partial charge in [0, 0.05) is 12.6 Å². The number of likely N-dealkylation sites (tertiary alicyclic amines) is 1. The van der Waals surface area contributed by atoms with Gasteiger partial charge in [-0.15, -0.1) is 11.8 Å². The van der Waals surface area contributed by atoms with E-state index in [1.54, 1.807) is 0 Å². The summed E-state index contributed by atoms with van der Waals surface area (Å²) in [4.78, 5) is 24.7. The van der Waals surface area contributed by atoms with Crippen LogP contribution in [0.4, 0.5) is 0 Å². The van der Waals surface area contributed by atoms with E-state index in [2.05, 4.69) is 0 Å². The minimum Gasteiger partial charge on any atom is -0.481 e. The van der Waals surface area contributed by atoms with Gasteiger partial charge in [-0.1, -0.05) is 19.3 Å². The highest BCUT2D eigenvalue weighted by molar-refractivity contribution is 8.00. The first-order chi connectivity index (χ1) is 9.18. The van der Waals surface area contributed by atoms with E-state index in [0.717, 1.165) is 19.4 Å². The fourth-order valence-electron chi connectivity index (χ4n) is 3.42. The van der Waals surface area contributed by atoms with Crippen molar-refractivity contribution >= 4 is 23.6 Å². The zero-order valence-electron chi connectivity index (χ0n) is 11.3. The Morgan fingerprint density at radius 1 is 1.05 bits per heavy atom. The van der Waals surface area contributed by atoms with Crippen LogP contribution in [-0.4, -0.2) is 46.0 Å². The van der Waals surface area contributed by atoms with E-state index < -0.39 is 5.97 Å². The van der Waals surface area contributed by atoms with Crippen molar-refractivity contribution in [3.05, 3.63) is 0 Å². The third kappa shape index (κ3) is 4.13. The molecule has 1 unspecified atom stereocenters. The van der Waals surface area contributed by atoms with Crippen LogP contribution in [0.25, 0.3) is 0 Å². The highest BCUT2D eigenvalue weighted by Gasteiger charge is 2.34. The van der Waals surface area contributed by atoms with E-state index in [-0.39, 0.29) is 11.7 Å². The molecule has 19 heavy (non-hydrogen) atoms. The van der Waals surface area contributed by atoms with E-state index in [0.29, 0.717) is 17.7 Å². The summed E-state index contributed by atoms with van der Waals surface area (Å²) >= 11 is 1.21. The molecule has 108 valence electrons. The smallest absolute Gasteiger partial charge is 0.313 e. The van der Waals surface area contributed by atoms with Crippen molar-refractivity contribution in [2.24, 2.45) is 5.92 Å². The Labute approximate surface area is 118 Å². The van der Waals surface area contributed by atoms with Crippen LogP contribution in [0.5, 0.6) is 0 Å². The predicted octanol–water partition coefficient (Wildman–Crippen LogP) is 2.38. The number of carboxylic acids is 1. The minimum atomic E-state index is -0.844. The fraction of sp³-hybridized carbons (Fsp3) is 0.857. The molecule has 2 rings (SSSR count). The van der Waals surface area contributed by atoms with Crippen LogP contribution in [0.3, 0.4) is 0 Å². The SMILES string of the molecule is O=C(O)CSCC(=O)N1CCCC1C1CCCCC1. The molecule has 1 aliphatic heterocycles. The van der Waals surface area contributed by atoms with Crippen molar-refractivity contribution in [2.75, 3.05) is 18.1 Å². The standard InChI is InChI=1S/C14H23NO3S/c16-13(9-19-10-14(17)18)15-8-4-7-12(15)11-5-2-1-3-6-11/h11-12H,1-10H2,(H,17,18). The first-order valence-electron chi connectivity index (χ1n) is 7.27. The first kappa shape index (κ1) is 14.7. The summed E-state index contributed by atoms with van der Waals surface area (Å²) in [7, 11) is 0. The van der Waals surface area contributed by atoms with Crippen molar-refractivity contribution in [1.82, 2.24) is 4.90 Å². The third-order valence-electron chi connectivity index (χ3n) is 4.26. The normalized spacial score (nSPS) is 24.6. The Morgan fingerprint density at radius 3 is 2.47 bits per heavy atom. The van der Waals surface area contributed by atoms with E-state index in [1.165, 1.54) is 43.9 Å². The van der Waals surface area contributed by atoms with Crippen LogP contribution in [0, 0.1) is 5.92 Å². The van der Waals surface area contributed by atoms with Crippen LogP contribution < -0.4 is 0 Å². The molecular weight excluding hydrogens is 262 g/mol. The van der Waals surface area contributed by atoms with Crippen molar-refractivity contribution in [2.45, 2.75) is 51.0 Å². The van der Waals surface area contributed by atoms with Gasteiger partial charge in [0.2, 0.25) is 5.91 Å². The Morgan fingerprint density at radius 2 is 1.79 bits per heavy atom. The Bertz CT molecular complexity index is 329. The van der Waals surface area contributed by atoms with E-state index in [4.69, 9.17) is 5.11 Å². The molecule has 1 saturated carbocycles. The van der Waals surface area contributed by atoms with Gasteiger partial charge >= 0.3 is 5.97 Å². The molecule has 0 aromatic carbocycles. The molecule has 4 nitrogen and oxygen atoms in total. The molecule has 1 atom stereocenters. The monoisotopic (exact) mass is 285 g/mol. The van der Waals surface area contributed by atoms with Gasteiger partial charge in [0.15, 0.2) is 0 Å². The number of amides is 1. The second-order valence-electron chi connectivity index (χ2n) is 5.58. The topological polar surface area (TPSA) is 57.6 Å². The summed E-state index contributed by atoms with van der Waals surface area (Å²) in [6.45, 7) is 0.869. The maximum atomic E-state index is 12.2. The van der Waals surface area contributed by atoms with Gasteiger partial charge in [-0.05, 0) is 31.6 Å². The minimum absolute atomic E-state index is 0.0215. The van der Waals surface area contributed by atoms with Crippen molar-refractivity contribution in [3.8, 4) is 0 Å². The van der Waals surface area contributed by atoms with Gasteiger partial charge in [-0.2, -0.15) is 0 Å². The van der Waals surface area contributed by atoms with Crippen molar-refractivity contribution in [3.63, 3.8) is 0 Å². The quantitative estimate of drug-likeness (QED) is 0.842. The summed E-state index contributed by atoms with van der Waals surface area (Å²) in [6, 6.07) is 0.429. The van der Waals surface area contributed by atoms with Crippen LogP contribution in [0.15, 0.2) is 0 Å². The molecule has 0 aromatic heterocycles. The van der Waals surface area contributed by atoms with Gasteiger partial charge in [0.25, 0.3) is 0 Å². The molecule has 1 amide bonds. The number of thioether (sulfide) groups is 1. The van der Waals surface area contributed by atoms with Gasteiger partial charge < -0.3 is 10.0 Å². The Balaban J connectivity index is 1.83. The summed E-state index contributed by atoms with van der Waals surface area (Å²) < 4.78 is 0. The molecule has 0 bridgehead atoms. The van der Waals surface area contributed by atoms with Crippen molar-refractivity contribution in [1.29, 1.82) is 0 Å². The lowest BCUT2D eigenvalue weighted by Crippen LogP contribution is -2.41. The van der Waals surface area contributed by atoms with Crippen LogP contribution >= 0.6 is 11.8 Å². The van der Waals surface area contributed by atoms with Gasteiger partial charge in [0.05, 0.1) is 11.5 Å². The summed E-state index contributed by atoms with van der Waals surface area (Å²) in [6.07, 6.45) is 8.71. The molecule has 2 fully saturated rings. The number of aliphatic carboxylic acids is 1. The molecule has 0 aromatic rings. The second kappa shape index (κ2) is 7.17. The highest BCUT2D eigenvalue weighted by atomic mass is 32.2. The molecule has 1 saturated heterocycles. The maximum Gasteiger partial charge on any atom is 0.313 e. The fourth-order valence-corrected chi connectivity index (χ4v) is 4.04. The molecule has 0 spiro atoms. The van der Waals surface area contributed by atoms with Gasteiger partial charge in [0.1, 0.15) is 0 Å². The average molecular weight is 285 g/mol. The highest BCUT2D eigenvalue weighted by Crippen LogP contribution is 2.34. The number of carbonyl (C=O) groups is 2. The van der Waals surface area contributed by atoms with Crippen LogP contribution in [0.1, 0.15) is 44.9 Å². The number of nitrogens with zero attached hydrogens (tertiary/aromatic N) is 1.